The number of hydrogen-bond acceptors (Lipinski definition) is 8. The van der Waals surface area contributed by atoms with Crippen LogP contribution in [0.2, 0.25) is 0 Å². The fraction of sp³-hybridized carbons (Fsp3) is 0.125. The molecule has 2 aromatic carbocycles. The van der Waals surface area contributed by atoms with Crippen molar-refractivity contribution in [3.63, 3.8) is 0 Å². The number of amides is 3. The Bertz CT molecular complexity index is 1350. The first-order valence-electron chi connectivity index (χ1n) is 10.7. The van der Waals surface area contributed by atoms with Gasteiger partial charge in [0.1, 0.15) is 0 Å². The molecule has 1 aliphatic rings. The maximum Gasteiger partial charge on any atom is 0.325 e. The average Bonchev–Trinajstić information content (AvgIpc) is 3.50. The third-order valence-electron chi connectivity index (χ3n) is 5.04. The zero-order valence-electron chi connectivity index (χ0n) is 18.4. The van der Waals surface area contributed by atoms with Crippen LogP contribution in [0.3, 0.4) is 0 Å². The molecule has 0 atom stereocenters. The first-order chi connectivity index (χ1) is 17.2. The van der Waals surface area contributed by atoms with E-state index >= 15 is 0 Å². The van der Waals surface area contributed by atoms with Gasteiger partial charge in [-0.15, -0.1) is 10.2 Å². The molecule has 35 heavy (non-hydrogen) atoms. The van der Waals surface area contributed by atoms with Gasteiger partial charge in [0, 0.05) is 29.7 Å². The van der Waals surface area contributed by atoms with E-state index in [9.17, 15) is 9.59 Å². The van der Waals surface area contributed by atoms with Crippen molar-refractivity contribution in [3.05, 3.63) is 78.6 Å². The highest BCUT2D eigenvalue weighted by Gasteiger charge is 2.18. The molecule has 1 aliphatic heterocycles. The lowest BCUT2D eigenvalue weighted by Gasteiger charge is -2.11. The number of nitrogens with one attached hydrogen (secondary N) is 2. The third kappa shape index (κ3) is 5.41. The molecule has 11 heteroatoms. The van der Waals surface area contributed by atoms with E-state index < -0.39 is 11.9 Å². The first-order valence-corrected chi connectivity index (χ1v) is 11.6. The molecule has 10 nitrogen and oxygen atoms in total. The van der Waals surface area contributed by atoms with E-state index in [4.69, 9.17) is 9.47 Å². The Hall–Kier alpha value is -4.38. The molecule has 0 radical (unpaired) electrons. The second kappa shape index (κ2) is 10.3. The normalized spacial score (nSPS) is 11.8. The molecular weight excluding hydrogens is 468 g/mol. The molecule has 4 aromatic rings. The van der Waals surface area contributed by atoms with Gasteiger partial charge >= 0.3 is 6.03 Å². The summed E-state index contributed by atoms with van der Waals surface area (Å²) < 4.78 is 12.5. The van der Waals surface area contributed by atoms with E-state index in [0.717, 1.165) is 11.1 Å². The minimum Gasteiger partial charge on any atom is -0.454 e. The standard InChI is InChI=1S/C24H20N6O4S/c31-21(27-23(32)26-18-8-9-19-20(11-18)34-15-33-19)14-35-24-29-28-22(17-7-4-10-25-12-17)30(24)13-16-5-2-1-3-6-16/h1-12H,13-15H2,(H2,26,27,31,32). The molecule has 2 aromatic heterocycles. The zero-order chi connectivity index (χ0) is 24.0. The predicted molar refractivity (Wildman–Crippen MR) is 129 cm³/mol. The summed E-state index contributed by atoms with van der Waals surface area (Å²) in [6.07, 6.45) is 3.41. The fourth-order valence-corrected chi connectivity index (χ4v) is 4.18. The molecule has 0 aliphatic carbocycles. The third-order valence-corrected chi connectivity index (χ3v) is 6.00. The molecule has 0 spiro atoms. The van der Waals surface area contributed by atoms with Crippen molar-refractivity contribution in [2.24, 2.45) is 0 Å². The van der Waals surface area contributed by atoms with Crippen LogP contribution in [0.5, 0.6) is 11.5 Å². The van der Waals surface area contributed by atoms with Gasteiger partial charge in [0.05, 0.1) is 12.3 Å². The van der Waals surface area contributed by atoms with Crippen LogP contribution in [-0.4, -0.2) is 44.2 Å². The lowest BCUT2D eigenvalue weighted by atomic mass is 10.2. The number of nitrogens with zero attached hydrogens (tertiary/aromatic N) is 4. The van der Waals surface area contributed by atoms with E-state index in [1.165, 1.54) is 11.8 Å². The van der Waals surface area contributed by atoms with Gasteiger partial charge in [-0.2, -0.15) is 0 Å². The van der Waals surface area contributed by atoms with Crippen molar-refractivity contribution < 1.29 is 19.1 Å². The summed E-state index contributed by atoms with van der Waals surface area (Å²) in [6, 6.07) is 18.0. The number of ether oxygens (including phenoxy) is 2. The number of rotatable bonds is 7. The summed E-state index contributed by atoms with van der Waals surface area (Å²) in [5.74, 6) is 1.30. The zero-order valence-corrected chi connectivity index (χ0v) is 19.2. The van der Waals surface area contributed by atoms with Crippen LogP contribution in [-0.2, 0) is 11.3 Å². The number of thioether (sulfide) groups is 1. The van der Waals surface area contributed by atoms with E-state index in [1.807, 2.05) is 47.0 Å². The van der Waals surface area contributed by atoms with E-state index in [2.05, 4.69) is 25.8 Å². The summed E-state index contributed by atoms with van der Waals surface area (Å²) in [7, 11) is 0. The predicted octanol–water partition coefficient (Wildman–Crippen LogP) is 3.56. The Morgan fingerprint density at radius 1 is 1.00 bits per heavy atom. The van der Waals surface area contributed by atoms with Gasteiger partial charge in [0.25, 0.3) is 0 Å². The molecule has 0 fully saturated rings. The van der Waals surface area contributed by atoms with Crippen molar-refractivity contribution in [3.8, 4) is 22.9 Å². The summed E-state index contributed by atoms with van der Waals surface area (Å²) in [4.78, 5) is 28.9. The summed E-state index contributed by atoms with van der Waals surface area (Å²) >= 11 is 1.19. The monoisotopic (exact) mass is 488 g/mol. The molecule has 176 valence electrons. The van der Waals surface area contributed by atoms with E-state index in [0.29, 0.717) is 34.7 Å². The Morgan fingerprint density at radius 3 is 2.69 bits per heavy atom. The highest BCUT2D eigenvalue weighted by molar-refractivity contribution is 7.99. The number of imide groups is 1. The van der Waals surface area contributed by atoms with E-state index in [-0.39, 0.29) is 12.5 Å². The first kappa shape index (κ1) is 22.4. The maximum absolute atomic E-state index is 12.4. The minimum absolute atomic E-state index is 0.0193. The van der Waals surface area contributed by atoms with Crippen molar-refractivity contribution >= 4 is 29.4 Å². The van der Waals surface area contributed by atoms with Crippen LogP contribution in [0.25, 0.3) is 11.4 Å². The molecule has 5 rings (SSSR count). The molecule has 0 bridgehead atoms. The number of urea groups is 1. The topological polar surface area (TPSA) is 120 Å². The molecule has 0 saturated heterocycles. The summed E-state index contributed by atoms with van der Waals surface area (Å²) in [6.45, 7) is 0.657. The van der Waals surface area contributed by atoms with Gasteiger partial charge < -0.3 is 14.8 Å². The van der Waals surface area contributed by atoms with Crippen molar-refractivity contribution in [1.82, 2.24) is 25.1 Å². The van der Waals surface area contributed by atoms with Crippen LogP contribution in [0, 0.1) is 0 Å². The highest BCUT2D eigenvalue weighted by Crippen LogP contribution is 2.34. The Balaban J connectivity index is 1.24. The van der Waals surface area contributed by atoms with Gasteiger partial charge in [-0.25, -0.2) is 4.79 Å². The molecule has 0 saturated carbocycles. The quantitative estimate of drug-likeness (QED) is 0.379. The number of carbonyl (C=O) groups excluding carboxylic acids is 2. The van der Waals surface area contributed by atoms with Gasteiger partial charge in [0.2, 0.25) is 12.7 Å². The smallest absolute Gasteiger partial charge is 0.325 e. The van der Waals surface area contributed by atoms with Crippen molar-refractivity contribution in [2.75, 3.05) is 17.9 Å². The van der Waals surface area contributed by atoms with Gasteiger partial charge in [-0.1, -0.05) is 42.1 Å². The Kier molecular flexibility index (Phi) is 6.57. The Morgan fingerprint density at radius 2 is 1.86 bits per heavy atom. The largest absolute Gasteiger partial charge is 0.454 e. The minimum atomic E-state index is -0.642. The second-order valence-electron chi connectivity index (χ2n) is 7.48. The number of anilines is 1. The molecular formula is C24H20N6O4S. The molecule has 3 amide bonds. The van der Waals surface area contributed by atoms with Crippen molar-refractivity contribution in [2.45, 2.75) is 11.7 Å². The molecule has 0 unspecified atom stereocenters. The fourth-order valence-electron chi connectivity index (χ4n) is 3.44. The number of hydrogen-bond donors (Lipinski definition) is 2. The highest BCUT2D eigenvalue weighted by atomic mass is 32.2. The summed E-state index contributed by atoms with van der Waals surface area (Å²) in [5.41, 5.74) is 2.36. The van der Waals surface area contributed by atoms with Gasteiger partial charge in [0.15, 0.2) is 22.5 Å². The maximum atomic E-state index is 12.4. The number of aromatic nitrogens is 4. The number of carbonyl (C=O) groups is 2. The number of benzene rings is 2. The lowest BCUT2D eigenvalue weighted by Crippen LogP contribution is -2.35. The van der Waals surface area contributed by atoms with Gasteiger partial charge in [-0.3, -0.25) is 19.7 Å². The van der Waals surface area contributed by atoms with Crippen molar-refractivity contribution in [1.29, 1.82) is 0 Å². The molecule has 3 heterocycles. The second-order valence-corrected chi connectivity index (χ2v) is 8.42. The van der Waals surface area contributed by atoms with Crippen LogP contribution in [0.15, 0.2) is 78.2 Å². The lowest BCUT2D eigenvalue weighted by molar-refractivity contribution is -0.117. The SMILES string of the molecule is O=C(CSc1nnc(-c2cccnc2)n1Cc1ccccc1)NC(=O)Nc1ccc2c(c1)OCO2. The van der Waals surface area contributed by atoms with Gasteiger partial charge in [-0.05, 0) is 29.8 Å². The van der Waals surface area contributed by atoms with Crippen LogP contribution < -0.4 is 20.1 Å². The van der Waals surface area contributed by atoms with Crippen LogP contribution in [0.4, 0.5) is 10.5 Å². The van der Waals surface area contributed by atoms with Crippen LogP contribution in [0.1, 0.15) is 5.56 Å². The number of fused-ring (bicyclic) bond motifs is 1. The van der Waals surface area contributed by atoms with Crippen LogP contribution >= 0.6 is 11.8 Å². The Labute approximate surface area is 204 Å². The molecule has 2 N–H and O–H groups in total. The van der Waals surface area contributed by atoms with E-state index in [1.54, 1.807) is 30.6 Å². The number of pyridine rings is 1. The average molecular weight is 489 g/mol. The summed E-state index contributed by atoms with van der Waals surface area (Å²) in [5, 5.41) is 14.1.